The molecule has 0 saturated heterocycles. The first-order chi connectivity index (χ1) is 10.2. The molecule has 21 heavy (non-hydrogen) atoms. The Morgan fingerprint density at radius 2 is 2.24 bits per heavy atom. The van der Waals surface area contributed by atoms with E-state index >= 15 is 0 Å². The van der Waals surface area contributed by atoms with E-state index in [1.54, 1.807) is 18.2 Å². The first-order valence-corrected chi connectivity index (χ1v) is 7.34. The Kier molecular flexibility index (Phi) is 2.74. The standard InChI is InChI=1S/C16H17N3O2/c20-12-3-1-2-11(6-12)16-13-7-15(21)19(8-10-4-5-10)9-14(13)17-18-16/h1-3,6,10,20H,4-5,7-9H2,(H,17,18). The van der Waals surface area contributed by atoms with Gasteiger partial charge in [-0.2, -0.15) is 5.10 Å². The number of carbonyl (C=O) groups excluding carboxylic acids is 1. The van der Waals surface area contributed by atoms with E-state index in [0.717, 1.165) is 29.1 Å². The molecule has 0 spiro atoms. The molecule has 2 N–H and O–H groups in total. The monoisotopic (exact) mass is 283 g/mol. The number of phenols is 1. The molecular weight excluding hydrogens is 266 g/mol. The van der Waals surface area contributed by atoms with Gasteiger partial charge in [0.25, 0.3) is 0 Å². The molecule has 1 aromatic heterocycles. The summed E-state index contributed by atoms with van der Waals surface area (Å²) < 4.78 is 0. The fraction of sp³-hybridized carbons (Fsp3) is 0.375. The van der Waals surface area contributed by atoms with Crippen molar-refractivity contribution in [1.82, 2.24) is 15.1 Å². The smallest absolute Gasteiger partial charge is 0.227 e. The molecule has 0 atom stereocenters. The summed E-state index contributed by atoms with van der Waals surface area (Å²) in [7, 11) is 0. The lowest BCUT2D eigenvalue weighted by molar-refractivity contribution is -0.132. The van der Waals surface area contributed by atoms with Gasteiger partial charge in [-0.3, -0.25) is 9.89 Å². The van der Waals surface area contributed by atoms with Crippen molar-refractivity contribution >= 4 is 5.91 Å². The van der Waals surface area contributed by atoms with Gasteiger partial charge in [-0.25, -0.2) is 0 Å². The zero-order chi connectivity index (χ0) is 14.4. The van der Waals surface area contributed by atoms with Crippen molar-refractivity contribution in [2.45, 2.75) is 25.8 Å². The normalized spacial score (nSPS) is 17.9. The number of benzene rings is 1. The predicted molar refractivity (Wildman–Crippen MR) is 77.5 cm³/mol. The van der Waals surface area contributed by atoms with Crippen LogP contribution in [0.3, 0.4) is 0 Å². The predicted octanol–water partition coefficient (Wildman–Crippen LogP) is 2.08. The minimum atomic E-state index is 0.178. The third-order valence-corrected chi connectivity index (χ3v) is 4.28. The summed E-state index contributed by atoms with van der Waals surface area (Å²) in [5, 5.41) is 17.0. The van der Waals surface area contributed by atoms with Gasteiger partial charge in [0, 0.05) is 17.7 Å². The van der Waals surface area contributed by atoms with Crippen molar-refractivity contribution in [2.75, 3.05) is 6.54 Å². The molecule has 2 heterocycles. The fourth-order valence-corrected chi connectivity index (χ4v) is 2.93. The average molecular weight is 283 g/mol. The van der Waals surface area contributed by atoms with Crippen LogP contribution >= 0.6 is 0 Å². The van der Waals surface area contributed by atoms with Gasteiger partial charge in [0.1, 0.15) is 5.75 Å². The molecule has 0 unspecified atom stereocenters. The molecule has 1 aliphatic heterocycles. The van der Waals surface area contributed by atoms with E-state index in [-0.39, 0.29) is 11.7 Å². The van der Waals surface area contributed by atoms with Gasteiger partial charge in [-0.1, -0.05) is 12.1 Å². The van der Waals surface area contributed by atoms with E-state index in [2.05, 4.69) is 10.2 Å². The maximum Gasteiger partial charge on any atom is 0.227 e. The van der Waals surface area contributed by atoms with E-state index in [9.17, 15) is 9.90 Å². The molecule has 0 radical (unpaired) electrons. The number of aromatic nitrogens is 2. The zero-order valence-electron chi connectivity index (χ0n) is 11.7. The molecular formula is C16H17N3O2. The molecule has 108 valence electrons. The molecule has 5 heteroatoms. The summed E-state index contributed by atoms with van der Waals surface area (Å²) in [6.07, 6.45) is 2.88. The SMILES string of the molecule is O=C1Cc2c(-c3cccc(O)c3)n[nH]c2CN1CC1CC1. The quantitative estimate of drug-likeness (QED) is 0.906. The highest BCUT2D eigenvalue weighted by molar-refractivity contribution is 5.83. The van der Waals surface area contributed by atoms with Gasteiger partial charge in [0.2, 0.25) is 5.91 Å². The number of rotatable bonds is 3. The molecule has 5 nitrogen and oxygen atoms in total. The topological polar surface area (TPSA) is 69.2 Å². The van der Waals surface area contributed by atoms with E-state index < -0.39 is 0 Å². The first kappa shape index (κ1) is 12.4. The number of phenolic OH excluding ortho intramolecular Hbond substituents is 1. The highest BCUT2D eigenvalue weighted by atomic mass is 16.3. The van der Waals surface area contributed by atoms with E-state index in [1.807, 2.05) is 11.0 Å². The number of amides is 1. The first-order valence-electron chi connectivity index (χ1n) is 7.34. The van der Waals surface area contributed by atoms with Crippen molar-refractivity contribution in [3.8, 4) is 17.0 Å². The van der Waals surface area contributed by atoms with Crippen LogP contribution in [0.5, 0.6) is 5.75 Å². The maximum absolute atomic E-state index is 12.3. The van der Waals surface area contributed by atoms with Crippen LogP contribution in [-0.4, -0.2) is 32.7 Å². The Labute approximate surface area is 122 Å². The highest BCUT2D eigenvalue weighted by Crippen LogP contribution is 2.34. The lowest BCUT2D eigenvalue weighted by Crippen LogP contribution is -2.37. The fourth-order valence-electron chi connectivity index (χ4n) is 2.93. The molecule has 1 saturated carbocycles. The van der Waals surface area contributed by atoms with Crippen LogP contribution in [0.25, 0.3) is 11.3 Å². The lowest BCUT2D eigenvalue weighted by Gasteiger charge is -2.26. The summed E-state index contributed by atoms with van der Waals surface area (Å²) in [5.74, 6) is 1.09. The minimum absolute atomic E-state index is 0.178. The second-order valence-corrected chi connectivity index (χ2v) is 5.97. The van der Waals surface area contributed by atoms with Crippen LogP contribution < -0.4 is 0 Å². The Balaban J connectivity index is 1.65. The maximum atomic E-state index is 12.3. The number of hydrogen-bond acceptors (Lipinski definition) is 3. The van der Waals surface area contributed by atoms with Crippen LogP contribution in [0.4, 0.5) is 0 Å². The van der Waals surface area contributed by atoms with Gasteiger partial charge in [-0.15, -0.1) is 0 Å². The van der Waals surface area contributed by atoms with Gasteiger partial charge < -0.3 is 10.0 Å². The number of nitrogens with zero attached hydrogens (tertiary/aromatic N) is 2. The van der Waals surface area contributed by atoms with Gasteiger partial charge in [-0.05, 0) is 30.9 Å². The van der Waals surface area contributed by atoms with Crippen molar-refractivity contribution in [1.29, 1.82) is 0 Å². The summed E-state index contributed by atoms with van der Waals surface area (Å²) in [4.78, 5) is 14.2. The molecule has 2 aromatic rings. The number of aromatic amines is 1. The van der Waals surface area contributed by atoms with Crippen LogP contribution in [-0.2, 0) is 17.8 Å². The average Bonchev–Trinajstić information content (AvgIpc) is 3.18. The van der Waals surface area contributed by atoms with Crippen LogP contribution in [0.1, 0.15) is 24.1 Å². The Morgan fingerprint density at radius 3 is 3.00 bits per heavy atom. The number of hydrogen-bond donors (Lipinski definition) is 2. The van der Waals surface area contributed by atoms with Gasteiger partial charge >= 0.3 is 0 Å². The van der Waals surface area contributed by atoms with Gasteiger partial charge in [0.05, 0.1) is 24.4 Å². The molecule has 1 aliphatic carbocycles. The second kappa shape index (κ2) is 4.62. The molecule has 1 fully saturated rings. The molecule has 4 rings (SSSR count). The highest BCUT2D eigenvalue weighted by Gasteiger charge is 2.32. The Morgan fingerprint density at radius 1 is 1.38 bits per heavy atom. The molecule has 2 aliphatic rings. The van der Waals surface area contributed by atoms with Crippen LogP contribution in [0.2, 0.25) is 0 Å². The Hall–Kier alpha value is -2.30. The van der Waals surface area contributed by atoms with Crippen molar-refractivity contribution in [3.05, 3.63) is 35.5 Å². The van der Waals surface area contributed by atoms with E-state index in [0.29, 0.717) is 18.9 Å². The largest absolute Gasteiger partial charge is 0.508 e. The zero-order valence-corrected chi connectivity index (χ0v) is 11.7. The summed E-state index contributed by atoms with van der Waals surface area (Å²) in [6, 6.07) is 7.00. The van der Waals surface area contributed by atoms with E-state index in [1.165, 1.54) is 12.8 Å². The van der Waals surface area contributed by atoms with Gasteiger partial charge in [0.15, 0.2) is 0 Å². The lowest BCUT2D eigenvalue weighted by atomic mass is 9.99. The second-order valence-electron chi connectivity index (χ2n) is 5.97. The minimum Gasteiger partial charge on any atom is -0.508 e. The number of carbonyl (C=O) groups is 1. The number of nitrogens with one attached hydrogen (secondary N) is 1. The van der Waals surface area contributed by atoms with Crippen molar-refractivity contribution < 1.29 is 9.90 Å². The van der Waals surface area contributed by atoms with Crippen molar-refractivity contribution in [2.24, 2.45) is 5.92 Å². The van der Waals surface area contributed by atoms with E-state index in [4.69, 9.17) is 0 Å². The summed E-state index contributed by atoms with van der Waals surface area (Å²) in [6.45, 7) is 1.50. The number of fused-ring (bicyclic) bond motifs is 1. The molecule has 1 amide bonds. The third kappa shape index (κ3) is 2.28. The Bertz CT molecular complexity index is 703. The number of aromatic hydroxyl groups is 1. The summed E-state index contributed by atoms with van der Waals surface area (Å²) in [5.41, 5.74) is 3.61. The van der Waals surface area contributed by atoms with Crippen LogP contribution in [0.15, 0.2) is 24.3 Å². The van der Waals surface area contributed by atoms with Crippen LogP contribution in [0, 0.1) is 5.92 Å². The molecule has 0 bridgehead atoms. The van der Waals surface area contributed by atoms with Crippen molar-refractivity contribution in [3.63, 3.8) is 0 Å². The summed E-state index contributed by atoms with van der Waals surface area (Å²) >= 11 is 0. The molecule has 1 aromatic carbocycles. The number of H-pyrrole nitrogens is 1. The third-order valence-electron chi connectivity index (χ3n) is 4.28.